The second-order valence-electron chi connectivity index (χ2n) is 5.70. The average molecular weight is 297 g/mol. The molecule has 1 aliphatic rings. The van der Waals surface area contributed by atoms with E-state index in [0.29, 0.717) is 6.42 Å². The molecule has 2 N–H and O–H groups in total. The fourth-order valence-corrected chi connectivity index (χ4v) is 4.85. The molecule has 4 nitrogen and oxygen atoms in total. The second kappa shape index (κ2) is 5.98. The van der Waals surface area contributed by atoms with Gasteiger partial charge in [-0.05, 0) is 38.2 Å². The Balaban J connectivity index is 2.02. The van der Waals surface area contributed by atoms with Gasteiger partial charge in [0.05, 0.1) is 6.61 Å². The van der Waals surface area contributed by atoms with Gasteiger partial charge in [-0.15, -0.1) is 0 Å². The van der Waals surface area contributed by atoms with E-state index < -0.39 is 12.9 Å². The predicted octanol–water partition coefficient (Wildman–Crippen LogP) is 3.17. The Morgan fingerprint density at radius 2 is 2.10 bits per heavy atom. The summed E-state index contributed by atoms with van der Waals surface area (Å²) in [5.41, 5.74) is 1.22. The minimum Gasteiger partial charge on any atom is -0.323 e. The van der Waals surface area contributed by atoms with Crippen molar-refractivity contribution in [1.29, 1.82) is 0 Å². The lowest BCUT2D eigenvalue weighted by molar-refractivity contribution is 0.247. The van der Waals surface area contributed by atoms with Crippen LogP contribution in [0.5, 0.6) is 0 Å². The lowest BCUT2D eigenvalue weighted by Crippen LogP contribution is -2.41. The fraction of sp³-hybridized carbons (Fsp3) is 0.600. The summed E-state index contributed by atoms with van der Waals surface area (Å²) in [4.78, 5) is 10.2. The summed E-state index contributed by atoms with van der Waals surface area (Å²) in [6.07, 6.45) is 1.53. The SMILES string of the molecule is CCOP(=O)(O)[C@@]1(N[C@@H](C)Cc2ccccc2)C[C@@H]1C. The van der Waals surface area contributed by atoms with Gasteiger partial charge < -0.3 is 9.42 Å². The van der Waals surface area contributed by atoms with Crippen molar-refractivity contribution in [3.63, 3.8) is 0 Å². The minimum absolute atomic E-state index is 0.128. The van der Waals surface area contributed by atoms with E-state index in [-0.39, 0.29) is 18.6 Å². The normalized spacial score (nSPS) is 29.7. The third-order valence-electron chi connectivity index (χ3n) is 3.96. The molecule has 4 atom stereocenters. The van der Waals surface area contributed by atoms with Crippen LogP contribution in [0.1, 0.15) is 32.8 Å². The zero-order valence-electron chi connectivity index (χ0n) is 12.4. The number of nitrogens with one attached hydrogen (secondary N) is 1. The molecule has 0 aliphatic heterocycles. The summed E-state index contributed by atoms with van der Waals surface area (Å²) in [5.74, 6) is 0.170. The van der Waals surface area contributed by atoms with E-state index in [1.807, 2.05) is 32.0 Å². The van der Waals surface area contributed by atoms with Crippen LogP contribution in [0.4, 0.5) is 0 Å². The topological polar surface area (TPSA) is 58.6 Å². The third kappa shape index (κ3) is 3.15. The summed E-state index contributed by atoms with van der Waals surface area (Å²) in [6, 6.07) is 10.3. The molecule has 1 aliphatic carbocycles. The Kier molecular flexibility index (Phi) is 4.70. The largest absolute Gasteiger partial charge is 0.348 e. The Morgan fingerprint density at radius 1 is 1.50 bits per heavy atom. The number of benzene rings is 1. The molecule has 5 heteroatoms. The Morgan fingerprint density at radius 3 is 2.60 bits per heavy atom. The van der Waals surface area contributed by atoms with Gasteiger partial charge in [-0.25, -0.2) is 0 Å². The van der Waals surface area contributed by atoms with E-state index in [1.165, 1.54) is 5.56 Å². The van der Waals surface area contributed by atoms with Crippen molar-refractivity contribution in [3.05, 3.63) is 35.9 Å². The Bertz CT molecular complexity index is 493. The standard InChI is InChI=1S/C15H24NO3P/c1-4-19-20(17,18)15(11-12(15)2)16-13(3)10-14-8-6-5-7-9-14/h5-9,12-13,16H,4,10-11H2,1-3H3,(H,17,18)/t12-,13-,15-/m0/s1. The number of hydrogen-bond donors (Lipinski definition) is 2. The van der Waals surface area contributed by atoms with Crippen LogP contribution >= 0.6 is 7.60 Å². The molecule has 112 valence electrons. The molecule has 0 heterocycles. The highest BCUT2D eigenvalue weighted by molar-refractivity contribution is 7.55. The molecule has 0 saturated heterocycles. The summed E-state index contributed by atoms with van der Waals surface area (Å²) in [7, 11) is -3.61. The van der Waals surface area contributed by atoms with Gasteiger partial charge in [-0.3, -0.25) is 9.88 Å². The predicted molar refractivity (Wildman–Crippen MR) is 80.7 cm³/mol. The van der Waals surface area contributed by atoms with Crippen LogP contribution < -0.4 is 5.32 Å². The van der Waals surface area contributed by atoms with Crippen molar-refractivity contribution in [2.24, 2.45) is 5.92 Å². The van der Waals surface area contributed by atoms with Gasteiger partial charge in [0.25, 0.3) is 0 Å². The molecule has 1 saturated carbocycles. The zero-order chi connectivity index (χ0) is 14.8. The van der Waals surface area contributed by atoms with Crippen molar-refractivity contribution >= 4 is 7.60 Å². The van der Waals surface area contributed by atoms with Crippen LogP contribution in [0.3, 0.4) is 0 Å². The van der Waals surface area contributed by atoms with Gasteiger partial charge >= 0.3 is 7.60 Å². The van der Waals surface area contributed by atoms with Crippen LogP contribution in [-0.4, -0.2) is 22.8 Å². The third-order valence-corrected chi connectivity index (χ3v) is 6.33. The average Bonchev–Trinajstić information content (AvgIpc) is 3.02. The summed E-state index contributed by atoms with van der Waals surface area (Å²) < 4.78 is 17.5. The van der Waals surface area contributed by atoms with Gasteiger partial charge in [-0.2, -0.15) is 0 Å². The molecule has 0 radical (unpaired) electrons. The molecule has 1 unspecified atom stereocenters. The van der Waals surface area contributed by atoms with Crippen molar-refractivity contribution in [2.45, 2.75) is 44.9 Å². The minimum atomic E-state index is -3.61. The van der Waals surface area contributed by atoms with Crippen LogP contribution in [0, 0.1) is 5.92 Å². The quantitative estimate of drug-likeness (QED) is 0.759. The molecule has 2 rings (SSSR count). The van der Waals surface area contributed by atoms with Crippen molar-refractivity contribution in [3.8, 4) is 0 Å². The molecule has 1 aromatic carbocycles. The molecule has 0 aromatic heterocycles. The van der Waals surface area contributed by atoms with Crippen LogP contribution in [-0.2, 0) is 15.5 Å². The molecule has 20 heavy (non-hydrogen) atoms. The fourth-order valence-electron chi connectivity index (χ4n) is 2.82. The maximum absolute atomic E-state index is 12.4. The van der Waals surface area contributed by atoms with Gasteiger partial charge in [0.1, 0.15) is 5.28 Å². The van der Waals surface area contributed by atoms with E-state index in [2.05, 4.69) is 17.4 Å². The summed E-state index contributed by atoms with van der Waals surface area (Å²) in [5, 5.41) is 2.60. The smallest absolute Gasteiger partial charge is 0.323 e. The Labute approximate surface area is 121 Å². The second-order valence-corrected chi connectivity index (χ2v) is 7.80. The maximum atomic E-state index is 12.4. The first kappa shape index (κ1) is 15.7. The van der Waals surface area contributed by atoms with E-state index >= 15 is 0 Å². The summed E-state index contributed by atoms with van der Waals surface area (Å²) in [6.45, 7) is 6.05. The lowest BCUT2D eigenvalue weighted by atomic mass is 10.1. The highest BCUT2D eigenvalue weighted by Gasteiger charge is 2.64. The molecular weight excluding hydrogens is 273 g/mol. The molecule has 0 amide bonds. The number of hydrogen-bond acceptors (Lipinski definition) is 3. The monoisotopic (exact) mass is 297 g/mol. The van der Waals surface area contributed by atoms with Crippen LogP contribution in [0.15, 0.2) is 30.3 Å². The van der Waals surface area contributed by atoms with Gasteiger partial charge in [0.2, 0.25) is 0 Å². The zero-order valence-corrected chi connectivity index (χ0v) is 13.3. The van der Waals surface area contributed by atoms with Gasteiger partial charge in [0, 0.05) is 6.04 Å². The molecule has 1 fully saturated rings. The van der Waals surface area contributed by atoms with Crippen molar-refractivity contribution < 1.29 is 14.0 Å². The summed E-state index contributed by atoms with van der Waals surface area (Å²) >= 11 is 0. The molecule has 1 aromatic rings. The van der Waals surface area contributed by atoms with Crippen LogP contribution in [0.25, 0.3) is 0 Å². The first-order valence-corrected chi connectivity index (χ1v) is 8.78. The van der Waals surface area contributed by atoms with E-state index in [1.54, 1.807) is 6.92 Å². The highest BCUT2D eigenvalue weighted by atomic mass is 31.2. The molecule has 0 bridgehead atoms. The first-order valence-electron chi connectivity index (χ1n) is 7.20. The molecule has 0 spiro atoms. The lowest BCUT2D eigenvalue weighted by Gasteiger charge is -2.27. The van der Waals surface area contributed by atoms with Crippen molar-refractivity contribution in [2.75, 3.05) is 6.61 Å². The highest BCUT2D eigenvalue weighted by Crippen LogP contribution is 2.69. The van der Waals surface area contributed by atoms with Gasteiger partial charge in [-0.1, -0.05) is 37.3 Å². The maximum Gasteiger partial charge on any atom is 0.348 e. The van der Waals surface area contributed by atoms with Crippen molar-refractivity contribution in [1.82, 2.24) is 5.32 Å². The Hall–Kier alpha value is -0.670. The first-order chi connectivity index (χ1) is 9.41. The number of rotatable bonds is 7. The van der Waals surface area contributed by atoms with E-state index in [9.17, 15) is 9.46 Å². The van der Waals surface area contributed by atoms with E-state index in [4.69, 9.17) is 4.52 Å². The van der Waals surface area contributed by atoms with Gasteiger partial charge in [0.15, 0.2) is 0 Å². The molecular formula is C15H24NO3P. The van der Waals surface area contributed by atoms with Crippen LogP contribution in [0.2, 0.25) is 0 Å². The van der Waals surface area contributed by atoms with E-state index in [0.717, 1.165) is 6.42 Å².